The molecule has 2 aromatic carbocycles. The molecule has 2 N–H and O–H groups in total. The number of nitrogen functional groups attached to an aromatic ring is 1. The standard InChI is InChI=1S/C35H31F5N6O2/c1-2-20-24(36)5-4-18-10-19(41)11-21(25(18)20)28-27(38)29-22(12-42-28)31(46-8-9-47-13-23-26(37)30(23)46)44-32(43-29)48-17-34-6-3-7-45(34)16-33(14-34)15-35(33,39)40/h1,4-5,10-12,23,26,30H,3,6-9,13-17,41H2/t23-,26-,30-,33+,34-/m0/s1. The number of benzene rings is 2. The fourth-order valence-electron chi connectivity index (χ4n) is 8.62. The molecule has 2 saturated carbocycles. The Balaban J connectivity index is 1.18. The Morgan fingerprint density at radius 2 is 1.98 bits per heavy atom. The number of rotatable bonds is 5. The van der Waals surface area contributed by atoms with E-state index in [-0.39, 0.29) is 82.7 Å². The number of nitrogens with zero attached hydrogens (tertiary/aromatic N) is 5. The lowest BCUT2D eigenvalue weighted by Crippen LogP contribution is -2.43. The van der Waals surface area contributed by atoms with E-state index in [1.807, 2.05) is 0 Å². The van der Waals surface area contributed by atoms with Crippen molar-refractivity contribution in [3.63, 3.8) is 0 Å². The van der Waals surface area contributed by atoms with Crippen molar-refractivity contribution in [2.45, 2.75) is 49.4 Å². The van der Waals surface area contributed by atoms with Crippen LogP contribution in [0.5, 0.6) is 6.01 Å². The van der Waals surface area contributed by atoms with E-state index in [1.54, 1.807) is 11.0 Å². The van der Waals surface area contributed by atoms with Gasteiger partial charge in [0, 0.05) is 48.3 Å². The van der Waals surface area contributed by atoms with E-state index >= 15 is 4.39 Å². The van der Waals surface area contributed by atoms with Gasteiger partial charge in [0.15, 0.2) is 5.82 Å². The molecule has 48 heavy (non-hydrogen) atoms. The van der Waals surface area contributed by atoms with Crippen LogP contribution in [0, 0.1) is 35.3 Å². The van der Waals surface area contributed by atoms with Crippen LogP contribution < -0.4 is 15.4 Å². The van der Waals surface area contributed by atoms with Crippen molar-refractivity contribution in [1.82, 2.24) is 19.9 Å². The summed E-state index contributed by atoms with van der Waals surface area (Å²) in [6, 6.07) is 5.13. The number of halogens is 5. The van der Waals surface area contributed by atoms with Crippen molar-refractivity contribution in [2.24, 2.45) is 11.3 Å². The van der Waals surface area contributed by atoms with E-state index in [0.29, 0.717) is 37.9 Å². The van der Waals surface area contributed by atoms with Crippen LogP contribution in [0.4, 0.5) is 33.5 Å². The van der Waals surface area contributed by atoms with Gasteiger partial charge in [0.1, 0.15) is 35.6 Å². The summed E-state index contributed by atoms with van der Waals surface area (Å²) in [6.07, 6.45) is 7.62. The first-order valence-electron chi connectivity index (χ1n) is 16.1. The Morgan fingerprint density at radius 3 is 2.77 bits per heavy atom. The van der Waals surface area contributed by atoms with Crippen LogP contribution in [0.1, 0.15) is 31.2 Å². The number of hydrogen-bond acceptors (Lipinski definition) is 8. The SMILES string of the molecule is C#Cc1c(F)ccc2cc(N)cc(-c3ncc4c(N5CCOC[C@H]6[C@H](F)[C@H]65)nc(OC[C@@]56CCCN5C[C@]5(CC5(F)F)C6)nc4c3F)c12. The second-order valence-electron chi connectivity index (χ2n) is 14.0. The molecule has 4 aromatic rings. The lowest BCUT2D eigenvalue weighted by Gasteiger charge is -2.31. The molecule has 5 heterocycles. The first-order valence-corrected chi connectivity index (χ1v) is 16.1. The van der Waals surface area contributed by atoms with Crippen LogP contribution in [0.15, 0.2) is 30.5 Å². The minimum Gasteiger partial charge on any atom is -0.461 e. The summed E-state index contributed by atoms with van der Waals surface area (Å²) >= 11 is 0. The molecule has 8 nitrogen and oxygen atoms in total. The summed E-state index contributed by atoms with van der Waals surface area (Å²) in [5.74, 6) is -1.97. The van der Waals surface area contributed by atoms with Gasteiger partial charge in [-0.05, 0) is 49.4 Å². The van der Waals surface area contributed by atoms with Crippen LogP contribution in [0.25, 0.3) is 32.9 Å². The van der Waals surface area contributed by atoms with Crippen LogP contribution in [0.2, 0.25) is 0 Å². The number of nitrogens with two attached hydrogens (primary N) is 1. The molecule has 5 aliphatic rings. The average molecular weight is 663 g/mol. The molecule has 5 fully saturated rings. The number of hydrogen-bond donors (Lipinski definition) is 1. The van der Waals surface area contributed by atoms with Gasteiger partial charge in [-0.15, -0.1) is 6.42 Å². The number of terminal acetylenes is 1. The highest BCUT2D eigenvalue weighted by Crippen LogP contribution is 2.69. The molecule has 0 radical (unpaired) electrons. The van der Waals surface area contributed by atoms with Gasteiger partial charge in [-0.25, -0.2) is 22.0 Å². The number of pyridine rings is 1. The molecule has 248 valence electrons. The summed E-state index contributed by atoms with van der Waals surface area (Å²) in [5.41, 5.74) is 4.61. The van der Waals surface area contributed by atoms with Gasteiger partial charge in [0.25, 0.3) is 5.92 Å². The van der Waals surface area contributed by atoms with Crippen molar-refractivity contribution in [3.05, 3.63) is 47.7 Å². The largest absolute Gasteiger partial charge is 0.461 e. The van der Waals surface area contributed by atoms with Gasteiger partial charge in [0.2, 0.25) is 0 Å². The zero-order valence-corrected chi connectivity index (χ0v) is 25.8. The Morgan fingerprint density at radius 1 is 1.15 bits per heavy atom. The normalized spacial score (nSPS) is 30.3. The van der Waals surface area contributed by atoms with Gasteiger partial charge >= 0.3 is 6.01 Å². The van der Waals surface area contributed by atoms with Crippen molar-refractivity contribution in [3.8, 4) is 29.6 Å². The Hall–Kier alpha value is -4.28. The highest BCUT2D eigenvalue weighted by molar-refractivity contribution is 6.03. The lowest BCUT2D eigenvalue weighted by molar-refractivity contribution is 0.0647. The van der Waals surface area contributed by atoms with Gasteiger partial charge in [-0.3, -0.25) is 9.88 Å². The predicted octanol–water partition coefficient (Wildman–Crippen LogP) is 5.50. The quantitative estimate of drug-likeness (QED) is 0.170. The first kappa shape index (κ1) is 29.8. The second-order valence-corrected chi connectivity index (χ2v) is 14.0. The van der Waals surface area contributed by atoms with Crippen molar-refractivity contribution < 1.29 is 31.4 Å². The molecule has 0 bridgehead atoms. The molecule has 2 aliphatic carbocycles. The molecular formula is C35H31F5N6O2. The third-order valence-electron chi connectivity index (χ3n) is 11.2. The van der Waals surface area contributed by atoms with Crippen LogP contribution >= 0.6 is 0 Å². The maximum absolute atomic E-state index is 16.9. The number of anilines is 2. The third-order valence-corrected chi connectivity index (χ3v) is 11.2. The zero-order chi connectivity index (χ0) is 33.2. The summed E-state index contributed by atoms with van der Waals surface area (Å²) in [5, 5.41) is 0.988. The number of alkyl halides is 3. The fourth-order valence-corrected chi connectivity index (χ4v) is 8.62. The third kappa shape index (κ3) is 4.24. The van der Waals surface area contributed by atoms with E-state index in [4.69, 9.17) is 21.6 Å². The molecule has 9 rings (SSSR count). The topological polar surface area (TPSA) is 89.6 Å². The molecule has 2 aromatic heterocycles. The Bertz CT molecular complexity index is 2070. The second kappa shape index (κ2) is 10.1. The minimum absolute atomic E-state index is 0.0426. The smallest absolute Gasteiger partial charge is 0.319 e. The molecule has 13 heteroatoms. The Kier molecular flexibility index (Phi) is 6.29. The molecule has 0 amide bonds. The van der Waals surface area contributed by atoms with E-state index in [9.17, 15) is 17.6 Å². The molecular weight excluding hydrogens is 631 g/mol. The summed E-state index contributed by atoms with van der Waals surface area (Å²) in [7, 11) is 0. The lowest BCUT2D eigenvalue weighted by atomic mass is 9.89. The van der Waals surface area contributed by atoms with Crippen LogP contribution in [-0.4, -0.2) is 83.0 Å². The fraction of sp³-hybridized carbons (Fsp3) is 0.457. The van der Waals surface area contributed by atoms with Gasteiger partial charge in [-0.1, -0.05) is 12.0 Å². The molecule has 5 atom stereocenters. The number of aromatic nitrogens is 3. The van der Waals surface area contributed by atoms with Gasteiger partial charge < -0.3 is 20.1 Å². The van der Waals surface area contributed by atoms with Crippen molar-refractivity contribution in [1.29, 1.82) is 0 Å². The van der Waals surface area contributed by atoms with E-state index in [1.165, 1.54) is 24.4 Å². The van der Waals surface area contributed by atoms with Gasteiger partial charge in [0.05, 0.1) is 41.2 Å². The van der Waals surface area contributed by atoms with Crippen LogP contribution in [0.3, 0.4) is 0 Å². The van der Waals surface area contributed by atoms with Crippen molar-refractivity contribution in [2.75, 3.05) is 50.1 Å². The zero-order valence-electron chi connectivity index (χ0n) is 25.8. The highest BCUT2D eigenvalue weighted by Gasteiger charge is 2.77. The highest BCUT2D eigenvalue weighted by atomic mass is 19.3. The molecule has 1 spiro atoms. The minimum atomic E-state index is -2.70. The average Bonchev–Trinajstić information content (AvgIpc) is 3.75. The number of ether oxygens (including phenoxy) is 2. The maximum atomic E-state index is 16.9. The number of fused-ring (bicyclic) bond motifs is 4. The maximum Gasteiger partial charge on any atom is 0.319 e. The molecule has 3 saturated heterocycles. The summed E-state index contributed by atoms with van der Waals surface area (Å²) < 4.78 is 87.5. The van der Waals surface area contributed by atoms with Crippen molar-refractivity contribution >= 4 is 33.2 Å². The van der Waals surface area contributed by atoms with E-state index in [0.717, 1.165) is 6.42 Å². The summed E-state index contributed by atoms with van der Waals surface area (Å²) in [6.45, 7) is 1.89. The first-order chi connectivity index (χ1) is 23.0. The molecule has 3 aliphatic heterocycles. The van der Waals surface area contributed by atoms with E-state index < -0.39 is 40.7 Å². The summed E-state index contributed by atoms with van der Waals surface area (Å²) in [4.78, 5) is 17.5. The molecule has 0 unspecified atom stereocenters. The Labute approximate surface area is 272 Å². The predicted molar refractivity (Wildman–Crippen MR) is 169 cm³/mol. The monoisotopic (exact) mass is 662 g/mol. The van der Waals surface area contributed by atoms with E-state index in [2.05, 4.69) is 25.8 Å². The van der Waals surface area contributed by atoms with Gasteiger partial charge in [-0.2, -0.15) is 9.97 Å². The van der Waals surface area contributed by atoms with Crippen LogP contribution in [-0.2, 0) is 4.74 Å².